The Labute approximate surface area is 112 Å². The van der Waals surface area contributed by atoms with Crippen LogP contribution < -0.4 is 11.1 Å². The highest BCUT2D eigenvalue weighted by molar-refractivity contribution is 5.86. The number of nitrogens with one attached hydrogen (secondary N) is 1. The van der Waals surface area contributed by atoms with Gasteiger partial charge in [-0.1, -0.05) is 37.3 Å². The lowest BCUT2D eigenvalue weighted by Crippen LogP contribution is -2.48. The summed E-state index contributed by atoms with van der Waals surface area (Å²) in [5.41, 5.74) is 6.61. The fraction of sp³-hybridized carbons (Fsp3) is 0.429. The van der Waals surface area contributed by atoms with Crippen molar-refractivity contribution < 1.29 is 14.7 Å². The smallest absolute Gasteiger partial charge is 0.326 e. The molecule has 1 rings (SSSR count). The average molecular weight is 264 g/mol. The molecule has 0 aliphatic heterocycles. The Kier molecular flexibility index (Phi) is 6.02. The number of amides is 1. The number of hydrogen-bond acceptors (Lipinski definition) is 3. The van der Waals surface area contributed by atoms with Gasteiger partial charge in [0.1, 0.15) is 6.04 Å². The van der Waals surface area contributed by atoms with E-state index in [1.807, 2.05) is 30.3 Å². The summed E-state index contributed by atoms with van der Waals surface area (Å²) in [4.78, 5) is 22.7. The maximum Gasteiger partial charge on any atom is 0.326 e. The molecule has 0 spiro atoms. The van der Waals surface area contributed by atoms with Crippen LogP contribution >= 0.6 is 0 Å². The average Bonchev–Trinajstić information content (AvgIpc) is 2.42. The van der Waals surface area contributed by atoms with Crippen molar-refractivity contribution in [1.82, 2.24) is 5.32 Å². The van der Waals surface area contributed by atoms with E-state index in [-0.39, 0.29) is 0 Å². The fourth-order valence-electron chi connectivity index (χ4n) is 1.68. The molecular formula is C14H20N2O3. The van der Waals surface area contributed by atoms with Crippen LogP contribution in [0.5, 0.6) is 0 Å². The first kappa shape index (κ1) is 15.2. The number of aliphatic carboxylic acids is 1. The molecule has 0 aliphatic rings. The minimum Gasteiger partial charge on any atom is -0.480 e. The van der Waals surface area contributed by atoms with Gasteiger partial charge in [-0.25, -0.2) is 4.79 Å². The first-order valence-electron chi connectivity index (χ1n) is 6.37. The molecule has 1 aromatic carbocycles. The van der Waals surface area contributed by atoms with Crippen LogP contribution in [0.2, 0.25) is 0 Å². The monoisotopic (exact) mass is 264 g/mol. The summed E-state index contributed by atoms with van der Waals surface area (Å²) < 4.78 is 0. The number of carbonyl (C=O) groups is 2. The van der Waals surface area contributed by atoms with E-state index in [1.54, 1.807) is 6.92 Å². The second-order valence-corrected chi connectivity index (χ2v) is 4.44. The van der Waals surface area contributed by atoms with Crippen LogP contribution in [-0.2, 0) is 16.0 Å². The van der Waals surface area contributed by atoms with E-state index in [0.29, 0.717) is 19.3 Å². The van der Waals surface area contributed by atoms with Gasteiger partial charge in [-0.3, -0.25) is 4.79 Å². The summed E-state index contributed by atoms with van der Waals surface area (Å²) >= 11 is 0. The molecule has 0 bridgehead atoms. The van der Waals surface area contributed by atoms with Crippen molar-refractivity contribution in [3.8, 4) is 0 Å². The lowest BCUT2D eigenvalue weighted by molar-refractivity contribution is -0.142. The summed E-state index contributed by atoms with van der Waals surface area (Å²) in [6.45, 7) is 1.78. The molecule has 4 N–H and O–H groups in total. The van der Waals surface area contributed by atoms with Crippen molar-refractivity contribution in [2.24, 2.45) is 5.73 Å². The first-order valence-corrected chi connectivity index (χ1v) is 6.37. The lowest BCUT2D eigenvalue weighted by atomic mass is 10.0. The number of hydrogen-bond donors (Lipinski definition) is 3. The van der Waals surface area contributed by atoms with Gasteiger partial charge in [0, 0.05) is 0 Å². The van der Waals surface area contributed by atoms with Crippen LogP contribution in [0.4, 0.5) is 0 Å². The van der Waals surface area contributed by atoms with Gasteiger partial charge in [0.2, 0.25) is 5.91 Å². The molecule has 0 radical (unpaired) electrons. The first-order chi connectivity index (χ1) is 9.04. The van der Waals surface area contributed by atoms with Crippen molar-refractivity contribution in [2.45, 2.75) is 38.3 Å². The number of carbonyl (C=O) groups excluding carboxylic acids is 1. The molecular weight excluding hydrogens is 244 g/mol. The molecule has 19 heavy (non-hydrogen) atoms. The highest BCUT2D eigenvalue weighted by atomic mass is 16.4. The molecule has 2 atom stereocenters. The number of carboxylic acids is 1. The molecule has 1 amide bonds. The molecule has 5 nitrogen and oxygen atoms in total. The third kappa shape index (κ3) is 5.09. The van der Waals surface area contributed by atoms with Gasteiger partial charge < -0.3 is 16.2 Å². The normalized spacial score (nSPS) is 13.6. The van der Waals surface area contributed by atoms with E-state index in [1.165, 1.54) is 0 Å². The minimum atomic E-state index is -1.03. The number of carboxylic acid groups (broad SMARTS) is 1. The summed E-state index contributed by atoms with van der Waals surface area (Å²) in [7, 11) is 0. The second kappa shape index (κ2) is 7.53. The fourth-order valence-corrected chi connectivity index (χ4v) is 1.68. The zero-order valence-electron chi connectivity index (χ0n) is 11.0. The van der Waals surface area contributed by atoms with E-state index < -0.39 is 24.0 Å². The maximum atomic E-state index is 11.6. The highest BCUT2D eigenvalue weighted by Crippen LogP contribution is 2.05. The highest BCUT2D eigenvalue weighted by Gasteiger charge is 2.22. The van der Waals surface area contributed by atoms with E-state index in [2.05, 4.69) is 5.32 Å². The lowest BCUT2D eigenvalue weighted by Gasteiger charge is -2.17. The summed E-state index contributed by atoms with van der Waals surface area (Å²) in [6.07, 6.45) is 1.43. The Bertz CT molecular complexity index is 420. The van der Waals surface area contributed by atoms with Crippen LogP contribution in [0.3, 0.4) is 0 Å². The van der Waals surface area contributed by atoms with E-state index in [0.717, 1.165) is 5.56 Å². The quantitative estimate of drug-likeness (QED) is 0.683. The number of aryl methyl sites for hydroxylation is 1. The predicted molar refractivity (Wildman–Crippen MR) is 72.6 cm³/mol. The van der Waals surface area contributed by atoms with Gasteiger partial charge in [-0.2, -0.15) is 0 Å². The molecule has 104 valence electrons. The SMILES string of the molecule is CC[C@H](N)C(=O)N[C@@H](CCc1ccccc1)C(=O)O. The Morgan fingerprint density at radius 3 is 2.47 bits per heavy atom. The standard InChI is InChI=1S/C14H20N2O3/c1-2-11(15)13(17)16-12(14(18)19)9-8-10-6-4-3-5-7-10/h3-7,11-12H,2,8-9,15H2,1H3,(H,16,17)(H,18,19)/t11-,12-/m0/s1. The molecule has 0 saturated carbocycles. The molecule has 0 heterocycles. The number of rotatable bonds is 7. The van der Waals surface area contributed by atoms with Crippen LogP contribution in [-0.4, -0.2) is 29.1 Å². The molecule has 0 fully saturated rings. The third-order valence-corrected chi connectivity index (χ3v) is 2.96. The van der Waals surface area contributed by atoms with E-state index in [4.69, 9.17) is 10.8 Å². The van der Waals surface area contributed by atoms with Gasteiger partial charge in [-0.05, 0) is 24.8 Å². The van der Waals surface area contributed by atoms with Gasteiger partial charge in [0.25, 0.3) is 0 Å². The van der Waals surface area contributed by atoms with E-state index >= 15 is 0 Å². The van der Waals surface area contributed by atoms with Crippen molar-refractivity contribution in [3.05, 3.63) is 35.9 Å². The Hall–Kier alpha value is -1.88. The number of benzene rings is 1. The maximum absolute atomic E-state index is 11.6. The summed E-state index contributed by atoms with van der Waals surface area (Å²) in [5.74, 6) is -1.45. The van der Waals surface area contributed by atoms with Crippen molar-refractivity contribution in [2.75, 3.05) is 0 Å². The molecule has 0 saturated heterocycles. The van der Waals surface area contributed by atoms with Crippen LogP contribution in [0.15, 0.2) is 30.3 Å². The summed E-state index contributed by atoms with van der Waals surface area (Å²) in [5, 5.41) is 11.6. The predicted octanol–water partition coefficient (Wildman–Crippen LogP) is 0.926. The van der Waals surface area contributed by atoms with Crippen molar-refractivity contribution >= 4 is 11.9 Å². The van der Waals surface area contributed by atoms with Crippen LogP contribution in [0.1, 0.15) is 25.3 Å². The van der Waals surface area contributed by atoms with Gasteiger partial charge >= 0.3 is 5.97 Å². The Morgan fingerprint density at radius 2 is 1.95 bits per heavy atom. The zero-order chi connectivity index (χ0) is 14.3. The molecule has 1 aromatic rings. The van der Waals surface area contributed by atoms with Crippen LogP contribution in [0, 0.1) is 0 Å². The van der Waals surface area contributed by atoms with Gasteiger partial charge in [0.15, 0.2) is 0 Å². The van der Waals surface area contributed by atoms with Crippen molar-refractivity contribution in [1.29, 1.82) is 0 Å². The van der Waals surface area contributed by atoms with Crippen LogP contribution in [0.25, 0.3) is 0 Å². The van der Waals surface area contributed by atoms with E-state index in [9.17, 15) is 9.59 Å². The molecule has 0 aromatic heterocycles. The largest absolute Gasteiger partial charge is 0.480 e. The van der Waals surface area contributed by atoms with Crippen molar-refractivity contribution in [3.63, 3.8) is 0 Å². The Balaban J connectivity index is 2.54. The second-order valence-electron chi connectivity index (χ2n) is 4.44. The molecule has 5 heteroatoms. The van der Waals surface area contributed by atoms with Gasteiger partial charge in [0.05, 0.1) is 6.04 Å². The molecule has 0 unspecified atom stereocenters. The minimum absolute atomic E-state index is 0.349. The van der Waals surface area contributed by atoms with Gasteiger partial charge in [-0.15, -0.1) is 0 Å². The number of nitrogens with two attached hydrogens (primary N) is 1. The third-order valence-electron chi connectivity index (χ3n) is 2.96. The molecule has 0 aliphatic carbocycles. The zero-order valence-corrected chi connectivity index (χ0v) is 11.0. The topological polar surface area (TPSA) is 92.4 Å². The summed E-state index contributed by atoms with van der Waals surface area (Å²) in [6, 6.07) is 8.01. The Morgan fingerprint density at radius 1 is 1.32 bits per heavy atom.